The Morgan fingerprint density at radius 3 is 2.90 bits per heavy atom. The molecule has 10 heteroatoms. The minimum Gasteiger partial charge on any atom is -0.454 e. The molecule has 0 bridgehead atoms. The van der Waals surface area contributed by atoms with Gasteiger partial charge in [-0.2, -0.15) is 0 Å². The lowest BCUT2D eigenvalue weighted by molar-refractivity contribution is 0.0949. The molecule has 150 valence electrons. The summed E-state index contributed by atoms with van der Waals surface area (Å²) in [5, 5.41) is 2.69. The predicted molar refractivity (Wildman–Crippen MR) is 102 cm³/mol. The molecule has 0 atom stereocenters. The van der Waals surface area contributed by atoms with Crippen LogP contribution in [0, 0.1) is 6.92 Å². The van der Waals surface area contributed by atoms with Gasteiger partial charge >= 0.3 is 5.69 Å². The number of carbonyl (C=O) groups excluding carboxylic acids is 1. The summed E-state index contributed by atoms with van der Waals surface area (Å²) in [7, 11) is 0. The molecule has 0 unspecified atom stereocenters. The highest BCUT2D eigenvalue weighted by Gasteiger charge is 2.17. The zero-order chi connectivity index (χ0) is 20.4. The second-order valence-electron chi connectivity index (χ2n) is 6.51. The first-order valence-electron chi connectivity index (χ1n) is 9.00. The maximum atomic E-state index is 12.7. The number of H-pyrrole nitrogens is 1. The normalized spacial score (nSPS) is 12.2. The van der Waals surface area contributed by atoms with Gasteiger partial charge in [-0.25, -0.2) is 9.78 Å². The van der Waals surface area contributed by atoms with Gasteiger partial charge in [0.1, 0.15) is 11.4 Å². The Balaban J connectivity index is 1.50. The van der Waals surface area contributed by atoms with Crippen molar-refractivity contribution in [1.29, 1.82) is 0 Å². The number of aryl methyl sites for hydroxylation is 1. The van der Waals surface area contributed by atoms with Gasteiger partial charge in [-0.05, 0) is 24.6 Å². The van der Waals surface area contributed by atoms with Crippen LogP contribution in [0.4, 0.5) is 0 Å². The monoisotopic (exact) mass is 397 g/mol. The van der Waals surface area contributed by atoms with Gasteiger partial charge in [-0.1, -0.05) is 6.07 Å². The topological polar surface area (TPSA) is 120 Å². The average molecular weight is 397 g/mol. The summed E-state index contributed by atoms with van der Waals surface area (Å²) >= 11 is 0. The van der Waals surface area contributed by atoms with E-state index in [9.17, 15) is 14.4 Å². The van der Waals surface area contributed by atoms with Crippen molar-refractivity contribution in [3.05, 3.63) is 74.6 Å². The number of rotatable bonds is 6. The first-order valence-corrected chi connectivity index (χ1v) is 9.00. The molecule has 10 nitrogen and oxygen atoms in total. The summed E-state index contributed by atoms with van der Waals surface area (Å²) < 4.78 is 13.4. The van der Waals surface area contributed by atoms with Crippen LogP contribution in [-0.2, 0) is 13.1 Å². The van der Waals surface area contributed by atoms with E-state index in [1.807, 2.05) is 11.5 Å². The molecule has 29 heavy (non-hydrogen) atoms. The second kappa shape index (κ2) is 7.66. The van der Waals surface area contributed by atoms with E-state index in [4.69, 9.17) is 9.47 Å². The van der Waals surface area contributed by atoms with E-state index in [-0.39, 0.29) is 18.9 Å². The molecular formula is C19H19N5O5. The molecule has 1 aromatic carbocycles. The van der Waals surface area contributed by atoms with Crippen molar-refractivity contribution in [3.63, 3.8) is 0 Å². The van der Waals surface area contributed by atoms with Crippen LogP contribution in [-0.4, -0.2) is 38.3 Å². The van der Waals surface area contributed by atoms with Crippen molar-refractivity contribution in [2.45, 2.75) is 20.0 Å². The zero-order valence-electron chi connectivity index (χ0n) is 15.7. The standard InChI is InChI=1S/C19H19N5O5/c1-12-20-4-6-23(12)7-5-21-17(25)14-9-22-19(27)24(18(14)26)10-13-2-3-15-16(8-13)29-11-28-15/h2-4,6,8-9H,5,7,10-11H2,1H3,(H,21,25)(H,22,27). The molecule has 0 aliphatic carbocycles. The summed E-state index contributed by atoms with van der Waals surface area (Å²) in [6.07, 6.45) is 4.62. The number of nitrogens with one attached hydrogen (secondary N) is 2. The molecule has 3 heterocycles. The number of aromatic amines is 1. The average Bonchev–Trinajstić information content (AvgIpc) is 3.33. The Kier molecular flexibility index (Phi) is 4.90. The largest absolute Gasteiger partial charge is 0.454 e. The Morgan fingerprint density at radius 1 is 1.28 bits per heavy atom. The lowest BCUT2D eigenvalue weighted by Gasteiger charge is -2.09. The fraction of sp³-hybridized carbons (Fsp3) is 0.263. The predicted octanol–water partition coefficient (Wildman–Crippen LogP) is 0.249. The lowest BCUT2D eigenvalue weighted by atomic mass is 10.2. The Labute approximate surface area is 164 Å². The highest BCUT2D eigenvalue weighted by Crippen LogP contribution is 2.32. The van der Waals surface area contributed by atoms with Gasteiger partial charge in [0.15, 0.2) is 11.5 Å². The van der Waals surface area contributed by atoms with Gasteiger partial charge in [0, 0.05) is 31.7 Å². The Bertz CT molecular complexity index is 1180. The first kappa shape index (κ1) is 18.5. The smallest absolute Gasteiger partial charge is 0.328 e. The third-order valence-corrected chi connectivity index (χ3v) is 4.64. The molecule has 2 aromatic heterocycles. The van der Waals surface area contributed by atoms with Crippen LogP contribution in [0.5, 0.6) is 11.5 Å². The number of amides is 1. The van der Waals surface area contributed by atoms with E-state index < -0.39 is 17.2 Å². The molecule has 0 radical (unpaired) electrons. The molecule has 0 saturated heterocycles. The molecule has 0 saturated carbocycles. The highest BCUT2D eigenvalue weighted by molar-refractivity contribution is 5.93. The molecule has 0 spiro atoms. The highest BCUT2D eigenvalue weighted by atomic mass is 16.7. The fourth-order valence-corrected chi connectivity index (χ4v) is 3.06. The van der Waals surface area contributed by atoms with Crippen molar-refractivity contribution < 1.29 is 14.3 Å². The molecule has 4 rings (SSSR count). The summed E-state index contributed by atoms with van der Waals surface area (Å²) in [5.41, 5.74) is -0.719. The summed E-state index contributed by atoms with van der Waals surface area (Å²) in [6.45, 7) is 2.83. The number of imidazole rings is 1. The Morgan fingerprint density at radius 2 is 2.10 bits per heavy atom. The van der Waals surface area contributed by atoms with E-state index in [1.54, 1.807) is 30.6 Å². The van der Waals surface area contributed by atoms with Crippen molar-refractivity contribution in [3.8, 4) is 11.5 Å². The summed E-state index contributed by atoms with van der Waals surface area (Å²) in [4.78, 5) is 43.9. The van der Waals surface area contributed by atoms with Crippen LogP contribution in [0.3, 0.4) is 0 Å². The minimum atomic E-state index is -0.664. The number of hydrogen-bond donors (Lipinski definition) is 2. The van der Waals surface area contributed by atoms with Crippen LogP contribution in [0.15, 0.2) is 46.4 Å². The minimum absolute atomic E-state index is 0.000157. The van der Waals surface area contributed by atoms with Crippen molar-refractivity contribution in [2.75, 3.05) is 13.3 Å². The van der Waals surface area contributed by atoms with Crippen molar-refractivity contribution >= 4 is 5.91 Å². The molecule has 1 aliphatic heterocycles. The first-order chi connectivity index (χ1) is 14.0. The fourth-order valence-electron chi connectivity index (χ4n) is 3.06. The summed E-state index contributed by atoms with van der Waals surface area (Å²) in [6, 6.07) is 5.15. The third-order valence-electron chi connectivity index (χ3n) is 4.64. The number of aromatic nitrogens is 4. The zero-order valence-corrected chi connectivity index (χ0v) is 15.7. The molecule has 1 amide bonds. The number of benzene rings is 1. The van der Waals surface area contributed by atoms with Gasteiger partial charge in [0.25, 0.3) is 11.5 Å². The van der Waals surface area contributed by atoms with Crippen molar-refractivity contribution in [2.24, 2.45) is 0 Å². The molecule has 2 N–H and O–H groups in total. The van der Waals surface area contributed by atoms with Gasteiger partial charge in [-0.3, -0.25) is 14.2 Å². The van der Waals surface area contributed by atoms with Gasteiger partial charge in [-0.15, -0.1) is 0 Å². The van der Waals surface area contributed by atoms with Crippen molar-refractivity contribution in [1.82, 2.24) is 24.4 Å². The second-order valence-corrected chi connectivity index (χ2v) is 6.51. The van der Waals surface area contributed by atoms with E-state index in [1.165, 1.54) is 0 Å². The number of hydrogen-bond acceptors (Lipinski definition) is 6. The number of fused-ring (bicyclic) bond motifs is 1. The maximum absolute atomic E-state index is 12.7. The quantitative estimate of drug-likeness (QED) is 0.615. The third kappa shape index (κ3) is 3.77. The van der Waals surface area contributed by atoms with E-state index >= 15 is 0 Å². The molecule has 0 fully saturated rings. The van der Waals surface area contributed by atoms with Gasteiger partial charge in [0.2, 0.25) is 6.79 Å². The van der Waals surface area contributed by atoms with Crippen LogP contribution in [0.25, 0.3) is 0 Å². The molecular weight excluding hydrogens is 378 g/mol. The molecule has 3 aromatic rings. The Hall–Kier alpha value is -3.82. The van der Waals surface area contributed by atoms with Crippen LogP contribution in [0.1, 0.15) is 21.7 Å². The van der Waals surface area contributed by atoms with Gasteiger partial charge in [0.05, 0.1) is 6.54 Å². The lowest BCUT2D eigenvalue weighted by Crippen LogP contribution is -2.41. The maximum Gasteiger partial charge on any atom is 0.328 e. The number of ether oxygens (including phenoxy) is 2. The summed E-state index contributed by atoms with van der Waals surface area (Å²) in [5.74, 6) is 1.43. The number of nitrogens with zero attached hydrogens (tertiary/aromatic N) is 3. The van der Waals surface area contributed by atoms with E-state index in [0.717, 1.165) is 16.6 Å². The molecule has 1 aliphatic rings. The van der Waals surface area contributed by atoms with Crippen LogP contribution in [0.2, 0.25) is 0 Å². The van der Waals surface area contributed by atoms with E-state index in [2.05, 4.69) is 15.3 Å². The number of carbonyl (C=O) groups is 1. The van der Waals surface area contributed by atoms with Crippen LogP contribution >= 0.6 is 0 Å². The van der Waals surface area contributed by atoms with Crippen LogP contribution < -0.4 is 26.0 Å². The van der Waals surface area contributed by atoms with Gasteiger partial charge < -0.3 is 24.3 Å². The van der Waals surface area contributed by atoms with E-state index in [0.29, 0.717) is 30.2 Å². The SMILES string of the molecule is Cc1nccn1CCNC(=O)c1c[nH]c(=O)n(Cc2ccc3c(c2)OCO3)c1=O.